The molecule has 1 aliphatic heterocycles. The van der Waals surface area contributed by atoms with Gasteiger partial charge in [0, 0.05) is 6.92 Å². The van der Waals surface area contributed by atoms with Crippen molar-refractivity contribution in [2.45, 2.75) is 13.3 Å². The van der Waals surface area contributed by atoms with Crippen LogP contribution in [0.5, 0.6) is 0 Å². The number of hydrogen-bond donors (Lipinski definition) is 0. The van der Waals surface area contributed by atoms with Gasteiger partial charge < -0.3 is 14.4 Å². The second kappa shape index (κ2) is 5.33. The van der Waals surface area contributed by atoms with Crippen LogP contribution in [-0.2, 0) is 23.9 Å². The Hall–Kier alpha value is -1.59. The average molecular weight is 215 g/mol. The lowest BCUT2D eigenvalue weighted by Gasteiger charge is -2.21. The molecular formula is C9H13NO5. The van der Waals surface area contributed by atoms with E-state index < -0.39 is 11.9 Å². The molecule has 1 rings (SSSR count). The summed E-state index contributed by atoms with van der Waals surface area (Å²) >= 11 is 0. The lowest BCUT2D eigenvalue weighted by Crippen LogP contribution is -2.37. The zero-order chi connectivity index (χ0) is 11.3. The van der Waals surface area contributed by atoms with Crippen LogP contribution >= 0.6 is 0 Å². The van der Waals surface area contributed by atoms with Gasteiger partial charge in [0.1, 0.15) is 19.6 Å². The number of cyclic esters (lactones) is 2. The van der Waals surface area contributed by atoms with Crippen LogP contribution in [0.1, 0.15) is 13.3 Å². The van der Waals surface area contributed by atoms with Gasteiger partial charge in [-0.15, -0.1) is 0 Å². The number of rotatable bonds is 0. The highest BCUT2D eigenvalue weighted by Gasteiger charge is 2.16. The molecule has 0 saturated carbocycles. The Morgan fingerprint density at radius 1 is 1.13 bits per heavy atom. The fraction of sp³-hybridized carbons (Fsp3) is 0.667. The standard InChI is InChI=1S/C9H13NO5/c1-7(11)10-2-4-14-8(12)6-9(13)15-5-3-10/h2-6H2,1H3. The van der Waals surface area contributed by atoms with Gasteiger partial charge in [-0.2, -0.15) is 0 Å². The maximum atomic E-state index is 11.1. The fourth-order valence-electron chi connectivity index (χ4n) is 1.19. The summed E-state index contributed by atoms with van der Waals surface area (Å²) in [6.07, 6.45) is -0.361. The highest BCUT2D eigenvalue weighted by Crippen LogP contribution is 1.97. The Kier molecular flexibility index (Phi) is 4.08. The first-order chi connectivity index (χ1) is 7.09. The van der Waals surface area contributed by atoms with Gasteiger partial charge >= 0.3 is 11.9 Å². The first kappa shape index (κ1) is 11.5. The van der Waals surface area contributed by atoms with Crippen molar-refractivity contribution < 1.29 is 23.9 Å². The molecule has 6 nitrogen and oxygen atoms in total. The second-order valence-electron chi connectivity index (χ2n) is 3.12. The van der Waals surface area contributed by atoms with Gasteiger partial charge in [0.25, 0.3) is 0 Å². The summed E-state index contributed by atoms with van der Waals surface area (Å²) in [4.78, 5) is 34.5. The van der Waals surface area contributed by atoms with Crippen LogP contribution in [0.15, 0.2) is 0 Å². The van der Waals surface area contributed by atoms with Gasteiger partial charge in [0.15, 0.2) is 0 Å². The zero-order valence-corrected chi connectivity index (χ0v) is 8.52. The fourth-order valence-corrected chi connectivity index (χ4v) is 1.19. The maximum Gasteiger partial charge on any atom is 0.317 e. The molecule has 0 aromatic carbocycles. The molecule has 1 fully saturated rings. The summed E-state index contributed by atoms with van der Waals surface area (Å²) < 4.78 is 9.47. The SMILES string of the molecule is CC(=O)N1CCOC(=O)CC(=O)OCC1. The predicted octanol–water partition coefficient (Wildman–Crippen LogP) is -0.675. The van der Waals surface area contributed by atoms with Crippen LogP contribution in [0.3, 0.4) is 0 Å². The molecule has 1 heterocycles. The van der Waals surface area contributed by atoms with E-state index in [1.165, 1.54) is 11.8 Å². The molecule has 0 aromatic rings. The summed E-state index contributed by atoms with van der Waals surface area (Å²) in [5.41, 5.74) is 0. The molecule has 1 saturated heterocycles. The summed E-state index contributed by atoms with van der Waals surface area (Å²) in [7, 11) is 0. The summed E-state index contributed by atoms with van der Waals surface area (Å²) in [6.45, 7) is 2.31. The maximum absolute atomic E-state index is 11.1. The molecule has 84 valence electrons. The normalized spacial score (nSPS) is 19.1. The van der Waals surface area contributed by atoms with Gasteiger partial charge in [-0.25, -0.2) is 0 Å². The molecule has 15 heavy (non-hydrogen) atoms. The number of ether oxygens (including phenoxy) is 2. The Labute approximate surface area is 87.1 Å². The number of carbonyl (C=O) groups is 3. The monoisotopic (exact) mass is 215 g/mol. The molecule has 6 heteroatoms. The van der Waals surface area contributed by atoms with Crippen molar-refractivity contribution in [3.05, 3.63) is 0 Å². The molecule has 0 spiro atoms. The third kappa shape index (κ3) is 3.97. The van der Waals surface area contributed by atoms with Crippen molar-refractivity contribution in [2.24, 2.45) is 0 Å². The third-order valence-electron chi connectivity index (χ3n) is 1.98. The zero-order valence-electron chi connectivity index (χ0n) is 8.52. The smallest absolute Gasteiger partial charge is 0.317 e. The number of amides is 1. The minimum absolute atomic E-state index is 0.117. The molecule has 0 unspecified atom stereocenters. The van der Waals surface area contributed by atoms with Crippen LogP contribution in [0.4, 0.5) is 0 Å². The molecule has 0 N–H and O–H groups in total. The van der Waals surface area contributed by atoms with Crippen molar-refractivity contribution in [2.75, 3.05) is 26.3 Å². The van der Waals surface area contributed by atoms with Crippen LogP contribution in [-0.4, -0.2) is 49.0 Å². The highest BCUT2D eigenvalue weighted by molar-refractivity contribution is 5.91. The Morgan fingerprint density at radius 3 is 2.00 bits per heavy atom. The third-order valence-corrected chi connectivity index (χ3v) is 1.98. The molecular weight excluding hydrogens is 202 g/mol. The Bertz CT molecular complexity index is 256. The average Bonchev–Trinajstić information content (AvgIpc) is 2.14. The summed E-state index contributed by atoms with van der Waals surface area (Å²) in [5.74, 6) is -1.38. The van der Waals surface area contributed by atoms with E-state index >= 15 is 0 Å². The van der Waals surface area contributed by atoms with E-state index in [0.717, 1.165) is 0 Å². The van der Waals surface area contributed by atoms with Crippen LogP contribution in [0.25, 0.3) is 0 Å². The Morgan fingerprint density at radius 2 is 1.60 bits per heavy atom. The highest BCUT2D eigenvalue weighted by atomic mass is 16.6. The lowest BCUT2D eigenvalue weighted by molar-refractivity contribution is -0.158. The first-order valence-electron chi connectivity index (χ1n) is 4.66. The first-order valence-corrected chi connectivity index (χ1v) is 4.66. The molecule has 1 aliphatic rings. The van der Waals surface area contributed by atoms with Gasteiger partial charge in [-0.05, 0) is 0 Å². The largest absolute Gasteiger partial charge is 0.463 e. The molecule has 0 bridgehead atoms. The summed E-state index contributed by atoms with van der Waals surface area (Å²) in [6, 6.07) is 0. The van der Waals surface area contributed by atoms with Crippen molar-refractivity contribution >= 4 is 17.8 Å². The number of esters is 2. The van der Waals surface area contributed by atoms with Crippen LogP contribution in [0.2, 0.25) is 0 Å². The van der Waals surface area contributed by atoms with Gasteiger partial charge in [-0.1, -0.05) is 0 Å². The quantitative estimate of drug-likeness (QED) is 0.395. The van der Waals surface area contributed by atoms with Gasteiger partial charge in [0.05, 0.1) is 13.1 Å². The minimum Gasteiger partial charge on any atom is -0.463 e. The Balaban J connectivity index is 2.53. The van der Waals surface area contributed by atoms with E-state index in [0.29, 0.717) is 13.1 Å². The van der Waals surface area contributed by atoms with Crippen LogP contribution < -0.4 is 0 Å². The van der Waals surface area contributed by atoms with E-state index in [2.05, 4.69) is 0 Å². The lowest BCUT2D eigenvalue weighted by atomic mass is 10.4. The van der Waals surface area contributed by atoms with Crippen molar-refractivity contribution in [1.82, 2.24) is 4.90 Å². The van der Waals surface area contributed by atoms with E-state index in [9.17, 15) is 14.4 Å². The number of carbonyl (C=O) groups excluding carboxylic acids is 3. The van der Waals surface area contributed by atoms with E-state index in [-0.39, 0.29) is 25.5 Å². The van der Waals surface area contributed by atoms with Crippen molar-refractivity contribution in [1.29, 1.82) is 0 Å². The van der Waals surface area contributed by atoms with Crippen molar-refractivity contribution in [3.8, 4) is 0 Å². The number of nitrogens with zero attached hydrogens (tertiary/aromatic N) is 1. The molecule has 0 aliphatic carbocycles. The minimum atomic E-state index is -0.620. The molecule has 1 amide bonds. The van der Waals surface area contributed by atoms with E-state index in [1.54, 1.807) is 0 Å². The van der Waals surface area contributed by atoms with Crippen molar-refractivity contribution in [3.63, 3.8) is 0 Å². The molecule has 0 radical (unpaired) electrons. The van der Waals surface area contributed by atoms with Gasteiger partial charge in [-0.3, -0.25) is 14.4 Å². The molecule has 0 atom stereocenters. The van der Waals surface area contributed by atoms with Crippen LogP contribution in [0, 0.1) is 0 Å². The summed E-state index contributed by atoms with van der Waals surface area (Å²) in [5, 5.41) is 0. The predicted molar refractivity (Wildman–Crippen MR) is 48.8 cm³/mol. The molecule has 0 aromatic heterocycles. The van der Waals surface area contributed by atoms with E-state index in [4.69, 9.17) is 9.47 Å². The van der Waals surface area contributed by atoms with Gasteiger partial charge in [0.2, 0.25) is 5.91 Å². The van der Waals surface area contributed by atoms with E-state index in [1.807, 2.05) is 0 Å². The second-order valence-corrected chi connectivity index (χ2v) is 3.12. The topological polar surface area (TPSA) is 72.9 Å². The number of hydrogen-bond acceptors (Lipinski definition) is 5.